The average molecular weight is 295 g/mol. The fraction of sp³-hybridized carbons (Fsp3) is 0.467. The van der Waals surface area contributed by atoms with Crippen molar-refractivity contribution in [3.05, 3.63) is 29.3 Å². The number of nitrogens with two attached hydrogens (primary N) is 1. The number of phenolic OH excluding ortho intramolecular Hbond substituents is 1. The number of carbonyl (C=O) groups excluding carboxylic acids is 2. The fourth-order valence-corrected chi connectivity index (χ4v) is 1.69. The van der Waals surface area contributed by atoms with E-state index in [9.17, 15) is 14.7 Å². The Labute approximate surface area is 123 Å². The van der Waals surface area contributed by atoms with E-state index in [2.05, 4.69) is 4.74 Å². The lowest BCUT2D eigenvalue weighted by Gasteiger charge is -2.22. The number of benzene rings is 1. The zero-order valence-corrected chi connectivity index (χ0v) is 12.7. The molecule has 6 nitrogen and oxygen atoms in total. The molecule has 0 aromatic heterocycles. The first-order chi connectivity index (χ1) is 9.64. The molecule has 0 spiro atoms. The van der Waals surface area contributed by atoms with Gasteiger partial charge in [-0.15, -0.1) is 0 Å². The molecule has 0 fully saturated rings. The molecule has 3 N–H and O–H groups in total. The second-order valence-electron chi connectivity index (χ2n) is 5.66. The Morgan fingerprint density at radius 1 is 1.33 bits per heavy atom. The van der Waals surface area contributed by atoms with E-state index in [1.54, 1.807) is 26.8 Å². The van der Waals surface area contributed by atoms with Crippen LogP contribution in [-0.2, 0) is 25.5 Å². The fourth-order valence-electron chi connectivity index (χ4n) is 1.69. The van der Waals surface area contributed by atoms with E-state index in [-0.39, 0.29) is 17.7 Å². The average Bonchev–Trinajstić information content (AvgIpc) is 2.38. The number of ether oxygens (including phenoxy) is 2. The molecule has 0 aliphatic rings. The van der Waals surface area contributed by atoms with Crippen molar-refractivity contribution in [2.45, 2.75) is 38.8 Å². The van der Waals surface area contributed by atoms with E-state index in [4.69, 9.17) is 10.5 Å². The summed E-state index contributed by atoms with van der Waals surface area (Å²) in [5, 5.41) is 9.84. The van der Waals surface area contributed by atoms with Crippen LogP contribution >= 0.6 is 0 Å². The Morgan fingerprint density at radius 2 is 1.95 bits per heavy atom. The summed E-state index contributed by atoms with van der Waals surface area (Å²) < 4.78 is 9.76. The predicted molar refractivity (Wildman–Crippen MR) is 76.6 cm³/mol. The molecule has 21 heavy (non-hydrogen) atoms. The highest BCUT2D eigenvalue weighted by Gasteiger charge is 2.25. The van der Waals surface area contributed by atoms with Crippen LogP contribution in [0.3, 0.4) is 0 Å². The summed E-state index contributed by atoms with van der Waals surface area (Å²) >= 11 is 0. The topological polar surface area (TPSA) is 98.9 Å². The van der Waals surface area contributed by atoms with Gasteiger partial charge in [0, 0.05) is 5.56 Å². The number of hydrogen-bond donors (Lipinski definition) is 2. The van der Waals surface area contributed by atoms with Gasteiger partial charge in [0.2, 0.25) is 0 Å². The van der Waals surface area contributed by atoms with Crippen LogP contribution in [-0.4, -0.2) is 29.8 Å². The van der Waals surface area contributed by atoms with Crippen molar-refractivity contribution in [3.63, 3.8) is 0 Å². The van der Waals surface area contributed by atoms with Crippen molar-refractivity contribution >= 4 is 11.9 Å². The van der Waals surface area contributed by atoms with E-state index >= 15 is 0 Å². The Kier molecular flexibility index (Phi) is 5.32. The van der Waals surface area contributed by atoms with E-state index < -0.39 is 23.6 Å². The molecular weight excluding hydrogens is 274 g/mol. The number of esters is 2. The lowest BCUT2D eigenvalue weighted by atomic mass is 10.0. The van der Waals surface area contributed by atoms with Gasteiger partial charge >= 0.3 is 11.9 Å². The Hall–Kier alpha value is -2.08. The number of methoxy groups -OCH3 is 1. The maximum atomic E-state index is 12.0. The monoisotopic (exact) mass is 295 g/mol. The van der Waals surface area contributed by atoms with E-state index in [1.165, 1.54) is 19.2 Å². The quantitative estimate of drug-likeness (QED) is 0.816. The summed E-state index contributed by atoms with van der Waals surface area (Å²) in [4.78, 5) is 23.2. The first-order valence-electron chi connectivity index (χ1n) is 6.51. The van der Waals surface area contributed by atoms with Gasteiger partial charge in [-0.3, -0.25) is 4.79 Å². The lowest BCUT2D eigenvalue weighted by Crippen LogP contribution is -2.31. The van der Waals surface area contributed by atoms with Crippen LogP contribution in [0.1, 0.15) is 37.9 Å². The second kappa shape index (κ2) is 6.58. The molecule has 0 bridgehead atoms. The van der Waals surface area contributed by atoms with Crippen molar-refractivity contribution in [1.29, 1.82) is 0 Å². The maximum absolute atomic E-state index is 12.0. The Balaban J connectivity index is 2.97. The van der Waals surface area contributed by atoms with Gasteiger partial charge in [0.25, 0.3) is 0 Å². The van der Waals surface area contributed by atoms with Crippen molar-refractivity contribution in [1.82, 2.24) is 0 Å². The minimum absolute atomic E-state index is 0.0326. The molecule has 1 aromatic carbocycles. The number of phenols is 1. The van der Waals surface area contributed by atoms with E-state index in [0.29, 0.717) is 5.56 Å². The van der Waals surface area contributed by atoms with Crippen molar-refractivity contribution in [3.8, 4) is 5.75 Å². The SMILES string of the molecule is COC(=O)Cc1ccc(O)c(C(N)C(=O)OC(C)(C)C)c1. The normalized spacial score (nSPS) is 12.6. The van der Waals surface area contributed by atoms with Gasteiger partial charge in [-0.2, -0.15) is 0 Å². The minimum Gasteiger partial charge on any atom is -0.508 e. The highest BCUT2D eigenvalue weighted by atomic mass is 16.6. The Morgan fingerprint density at radius 3 is 2.48 bits per heavy atom. The van der Waals surface area contributed by atoms with Crippen LogP contribution in [0.2, 0.25) is 0 Å². The molecule has 1 rings (SSSR count). The van der Waals surface area contributed by atoms with Gasteiger partial charge in [0.05, 0.1) is 13.5 Å². The molecule has 1 aromatic rings. The van der Waals surface area contributed by atoms with Crippen LogP contribution < -0.4 is 5.73 Å². The smallest absolute Gasteiger partial charge is 0.328 e. The van der Waals surface area contributed by atoms with Gasteiger partial charge in [0.1, 0.15) is 17.4 Å². The summed E-state index contributed by atoms with van der Waals surface area (Å²) in [5.74, 6) is -1.19. The minimum atomic E-state index is -1.12. The largest absolute Gasteiger partial charge is 0.508 e. The van der Waals surface area contributed by atoms with Gasteiger partial charge < -0.3 is 20.3 Å². The van der Waals surface area contributed by atoms with Crippen LogP contribution in [0.15, 0.2) is 18.2 Å². The van der Waals surface area contributed by atoms with Gasteiger partial charge in [-0.1, -0.05) is 6.07 Å². The lowest BCUT2D eigenvalue weighted by molar-refractivity contribution is -0.156. The van der Waals surface area contributed by atoms with Crippen LogP contribution in [0.5, 0.6) is 5.75 Å². The first-order valence-corrected chi connectivity index (χ1v) is 6.51. The van der Waals surface area contributed by atoms with E-state index in [0.717, 1.165) is 0 Å². The summed E-state index contributed by atoms with van der Waals surface area (Å²) in [5.41, 5.74) is 5.96. The number of aromatic hydroxyl groups is 1. The molecule has 6 heteroatoms. The molecule has 0 saturated heterocycles. The zero-order chi connectivity index (χ0) is 16.2. The summed E-state index contributed by atoms with van der Waals surface area (Å²) in [6.45, 7) is 5.18. The van der Waals surface area contributed by atoms with Crippen LogP contribution in [0.4, 0.5) is 0 Å². The molecule has 0 aliphatic carbocycles. The zero-order valence-electron chi connectivity index (χ0n) is 12.7. The van der Waals surface area contributed by atoms with Gasteiger partial charge in [-0.25, -0.2) is 4.79 Å². The third-order valence-electron chi connectivity index (χ3n) is 2.66. The van der Waals surface area contributed by atoms with E-state index in [1.807, 2.05) is 0 Å². The third kappa shape index (κ3) is 5.07. The van der Waals surface area contributed by atoms with Crippen LogP contribution in [0, 0.1) is 0 Å². The molecule has 0 saturated carbocycles. The third-order valence-corrected chi connectivity index (χ3v) is 2.66. The van der Waals surface area contributed by atoms with Crippen molar-refractivity contribution in [2.75, 3.05) is 7.11 Å². The molecule has 0 radical (unpaired) electrons. The number of rotatable bonds is 4. The molecule has 0 aliphatic heterocycles. The van der Waals surface area contributed by atoms with Crippen molar-refractivity contribution in [2.24, 2.45) is 5.73 Å². The molecule has 1 unspecified atom stereocenters. The highest BCUT2D eigenvalue weighted by Crippen LogP contribution is 2.26. The number of carbonyl (C=O) groups is 2. The molecular formula is C15H21NO5. The maximum Gasteiger partial charge on any atom is 0.328 e. The number of hydrogen-bond acceptors (Lipinski definition) is 6. The predicted octanol–water partition coefficient (Wildman–Crippen LogP) is 1.45. The van der Waals surface area contributed by atoms with Crippen LogP contribution in [0.25, 0.3) is 0 Å². The van der Waals surface area contributed by atoms with Gasteiger partial charge in [0.15, 0.2) is 0 Å². The Bertz CT molecular complexity index is 533. The summed E-state index contributed by atoms with van der Waals surface area (Å²) in [7, 11) is 1.29. The standard InChI is InChI=1S/C15H21NO5/c1-15(2,3)21-14(19)13(16)10-7-9(5-6-11(10)17)8-12(18)20-4/h5-7,13,17H,8,16H2,1-4H3. The van der Waals surface area contributed by atoms with Crippen molar-refractivity contribution < 1.29 is 24.2 Å². The summed E-state index contributed by atoms with van der Waals surface area (Å²) in [6, 6.07) is 3.33. The summed E-state index contributed by atoms with van der Waals surface area (Å²) in [6.07, 6.45) is 0.0326. The second-order valence-corrected chi connectivity index (χ2v) is 5.66. The molecule has 116 valence electrons. The first kappa shape index (κ1) is 17.0. The van der Waals surface area contributed by atoms with Gasteiger partial charge in [-0.05, 0) is 38.5 Å². The highest BCUT2D eigenvalue weighted by molar-refractivity contribution is 5.79. The molecule has 0 heterocycles. The molecule has 1 atom stereocenters. The molecule has 0 amide bonds.